The van der Waals surface area contributed by atoms with Crippen molar-refractivity contribution < 1.29 is 9.53 Å². The number of nitrogens with one attached hydrogen (secondary N) is 1. The molecule has 5 heteroatoms. The summed E-state index contributed by atoms with van der Waals surface area (Å²) in [6, 6.07) is 7.83. The zero-order valence-electron chi connectivity index (χ0n) is 9.63. The second kappa shape index (κ2) is 4.78. The quantitative estimate of drug-likeness (QED) is 0.901. The van der Waals surface area contributed by atoms with Crippen molar-refractivity contribution in [3.63, 3.8) is 0 Å². The summed E-state index contributed by atoms with van der Waals surface area (Å²) in [5.41, 5.74) is 1.09. The molecule has 3 rings (SSSR count). The van der Waals surface area contributed by atoms with Gasteiger partial charge in [-0.15, -0.1) is 11.3 Å². The number of hydrogen-bond acceptors (Lipinski definition) is 4. The molecule has 0 saturated heterocycles. The van der Waals surface area contributed by atoms with Crippen LogP contribution in [0.2, 0.25) is 0 Å². The molecule has 1 atom stereocenters. The smallest absolute Gasteiger partial charge is 0.233 e. The molecule has 0 fully saturated rings. The SMILES string of the molecule is O=C(Nc1nccs1)[C@H]1COc2ccccc2C1. The lowest BCUT2D eigenvalue weighted by Crippen LogP contribution is -2.32. The van der Waals surface area contributed by atoms with E-state index in [9.17, 15) is 4.79 Å². The molecule has 0 saturated carbocycles. The monoisotopic (exact) mass is 260 g/mol. The average Bonchev–Trinajstić information content (AvgIpc) is 2.91. The van der Waals surface area contributed by atoms with Crippen LogP contribution in [0.1, 0.15) is 5.56 Å². The Bertz CT molecular complexity index is 554. The predicted octanol–water partition coefficient (Wildman–Crippen LogP) is 2.33. The van der Waals surface area contributed by atoms with E-state index in [1.54, 1.807) is 6.20 Å². The minimum atomic E-state index is -0.149. The van der Waals surface area contributed by atoms with Crippen LogP contribution >= 0.6 is 11.3 Å². The van der Waals surface area contributed by atoms with Crippen molar-refractivity contribution in [2.45, 2.75) is 6.42 Å². The summed E-state index contributed by atoms with van der Waals surface area (Å²) < 4.78 is 5.60. The van der Waals surface area contributed by atoms with E-state index in [0.29, 0.717) is 18.2 Å². The third-order valence-electron chi connectivity index (χ3n) is 2.91. The molecule has 0 unspecified atom stereocenters. The van der Waals surface area contributed by atoms with Gasteiger partial charge in [0.2, 0.25) is 5.91 Å². The Kier molecular flexibility index (Phi) is 2.98. The minimum absolute atomic E-state index is 0.0283. The molecule has 0 spiro atoms. The van der Waals surface area contributed by atoms with Crippen molar-refractivity contribution in [3.8, 4) is 5.75 Å². The summed E-state index contributed by atoms with van der Waals surface area (Å²) in [4.78, 5) is 16.1. The predicted molar refractivity (Wildman–Crippen MR) is 69.9 cm³/mol. The molecule has 2 aromatic rings. The average molecular weight is 260 g/mol. The van der Waals surface area contributed by atoms with E-state index in [0.717, 1.165) is 11.3 Å². The first-order chi connectivity index (χ1) is 8.83. The highest BCUT2D eigenvalue weighted by Crippen LogP contribution is 2.27. The summed E-state index contributed by atoms with van der Waals surface area (Å²) in [7, 11) is 0. The van der Waals surface area contributed by atoms with Gasteiger partial charge in [0, 0.05) is 11.6 Å². The molecule has 18 heavy (non-hydrogen) atoms. The van der Waals surface area contributed by atoms with Gasteiger partial charge in [-0.05, 0) is 18.1 Å². The van der Waals surface area contributed by atoms with Crippen molar-refractivity contribution >= 4 is 22.4 Å². The van der Waals surface area contributed by atoms with Crippen LogP contribution < -0.4 is 10.1 Å². The van der Waals surface area contributed by atoms with Crippen LogP contribution in [0.5, 0.6) is 5.75 Å². The second-order valence-electron chi connectivity index (χ2n) is 4.15. The maximum atomic E-state index is 12.1. The lowest BCUT2D eigenvalue weighted by atomic mass is 9.96. The number of aromatic nitrogens is 1. The van der Waals surface area contributed by atoms with Crippen LogP contribution in [-0.2, 0) is 11.2 Å². The largest absolute Gasteiger partial charge is 0.492 e. The maximum absolute atomic E-state index is 12.1. The molecule has 4 nitrogen and oxygen atoms in total. The van der Waals surface area contributed by atoms with Gasteiger partial charge in [-0.2, -0.15) is 0 Å². The third kappa shape index (κ3) is 2.22. The van der Waals surface area contributed by atoms with Gasteiger partial charge in [-0.3, -0.25) is 4.79 Å². The molecule has 1 aliphatic rings. The second-order valence-corrected chi connectivity index (χ2v) is 5.04. The van der Waals surface area contributed by atoms with Gasteiger partial charge in [0.05, 0.1) is 5.92 Å². The van der Waals surface area contributed by atoms with Crippen molar-refractivity contribution in [1.82, 2.24) is 4.98 Å². The summed E-state index contributed by atoms with van der Waals surface area (Å²) in [5.74, 6) is 0.707. The van der Waals surface area contributed by atoms with Gasteiger partial charge in [0.15, 0.2) is 5.13 Å². The Labute approximate surface area is 109 Å². The number of nitrogens with zero attached hydrogens (tertiary/aromatic N) is 1. The number of para-hydroxylation sites is 1. The Balaban J connectivity index is 1.70. The Morgan fingerprint density at radius 2 is 2.33 bits per heavy atom. The van der Waals surface area contributed by atoms with Crippen LogP contribution in [0.3, 0.4) is 0 Å². The number of carbonyl (C=O) groups excluding carboxylic acids is 1. The highest BCUT2D eigenvalue weighted by atomic mass is 32.1. The van der Waals surface area contributed by atoms with E-state index in [-0.39, 0.29) is 11.8 Å². The number of amides is 1. The van der Waals surface area contributed by atoms with Crippen LogP contribution in [0.4, 0.5) is 5.13 Å². The minimum Gasteiger partial charge on any atom is -0.492 e. The van der Waals surface area contributed by atoms with Crippen LogP contribution in [0, 0.1) is 5.92 Å². The first kappa shape index (κ1) is 11.2. The summed E-state index contributed by atoms with van der Waals surface area (Å²) in [5, 5.41) is 5.28. The molecule has 0 aliphatic carbocycles. The highest BCUT2D eigenvalue weighted by Gasteiger charge is 2.26. The number of benzene rings is 1. The van der Waals surface area contributed by atoms with Gasteiger partial charge in [-0.25, -0.2) is 4.98 Å². The van der Waals surface area contributed by atoms with Crippen molar-refractivity contribution in [1.29, 1.82) is 0 Å². The van der Waals surface area contributed by atoms with Gasteiger partial charge in [0.1, 0.15) is 12.4 Å². The Morgan fingerprint density at radius 3 is 3.17 bits per heavy atom. The van der Waals surface area contributed by atoms with E-state index >= 15 is 0 Å². The lowest BCUT2D eigenvalue weighted by molar-refractivity contribution is -0.121. The molecule has 1 aromatic carbocycles. The number of anilines is 1. The molecule has 1 N–H and O–H groups in total. The molecule has 0 radical (unpaired) electrons. The van der Waals surface area contributed by atoms with E-state index in [4.69, 9.17) is 4.74 Å². The first-order valence-corrected chi connectivity index (χ1v) is 6.62. The zero-order chi connectivity index (χ0) is 12.4. The third-order valence-corrected chi connectivity index (χ3v) is 3.60. The van der Waals surface area contributed by atoms with Crippen LogP contribution in [-0.4, -0.2) is 17.5 Å². The molecule has 1 aromatic heterocycles. The molecule has 1 aliphatic heterocycles. The van der Waals surface area contributed by atoms with Crippen molar-refractivity contribution in [3.05, 3.63) is 41.4 Å². The zero-order valence-corrected chi connectivity index (χ0v) is 10.4. The maximum Gasteiger partial charge on any atom is 0.233 e. The van der Waals surface area contributed by atoms with Gasteiger partial charge in [-0.1, -0.05) is 18.2 Å². The number of thiazole rings is 1. The number of hydrogen-bond donors (Lipinski definition) is 1. The Hall–Kier alpha value is -1.88. The fourth-order valence-corrected chi connectivity index (χ4v) is 2.52. The summed E-state index contributed by atoms with van der Waals surface area (Å²) in [6.07, 6.45) is 2.39. The van der Waals surface area contributed by atoms with Crippen LogP contribution in [0.15, 0.2) is 35.8 Å². The van der Waals surface area contributed by atoms with E-state index < -0.39 is 0 Å². The fourth-order valence-electron chi connectivity index (χ4n) is 1.99. The number of rotatable bonds is 2. The first-order valence-electron chi connectivity index (χ1n) is 5.74. The molecule has 1 amide bonds. The van der Waals surface area contributed by atoms with E-state index in [2.05, 4.69) is 10.3 Å². The summed E-state index contributed by atoms with van der Waals surface area (Å²) >= 11 is 1.42. The normalized spacial score (nSPS) is 17.7. The van der Waals surface area contributed by atoms with E-state index in [1.807, 2.05) is 29.6 Å². The number of ether oxygens (including phenoxy) is 1. The molecule has 0 bridgehead atoms. The topological polar surface area (TPSA) is 51.2 Å². The van der Waals surface area contributed by atoms with Gasteiger partial charge >= 0.3 is 0 Å². The molecular weight excluding hydrogens is 248 g/mol. The van der Waals surface area contributed by atoms with E-state index in [1.165, 1.54) is 11.3 Å². The standard InChI is InChI=1S/C13H12N2O2S/c16-12(15-13-14-5-6-18-13)10-7-9-3-1-2-4-11(9)17-8-10/h1-6,10H,7-8H2,(H,14,15,16)/t10-/m1/s1. The highest BCUT2D eigenvalue weighted by molar-refractivity contribution is 7.13. The van der Waals surface area contributed by atoms with Crippen molar-refractivity contribution in [2.24, 2.45) is 5.92 Å². The van der Waals surface area contributed by atoms with Gasteiger partial charge in [0.25, 0.3) is 0 Å². The number of fused-ring (bicyclic) bond motifs is 1. The molecule has 2 heterocycles. The van der Waals surface area contributed by atoms with Gasteiger partial charge < -0.3 is 10.1 Å². The van der Waals surface area contributed by atoms with Crippen molar-refractivity contribution in [2.75, 3.05) is 11.9 Å². The fraction of sp³-hybridized carbons (Fsp3) is 0.231. The lowest BCUT2D eigenvalue weighted by Gasteiger charge is -2.24. The molecule has 92 valence electrons. The van der Waals surface area contributed by atoms with Crippen LogP contribution in [0.25, 0.3) is 0 Å². The summed E-state index contributed by atoms with van der Waals surface area (Å²) in [6.45, 7) is 0.425. The Morgan fingerprint density at radius 1 is 1.44 bits per heavy atom. The number of carbonyl (C=O) groups is 1. The molecular formula is C13H12N2O2S.